The number of ether oxygens (including phenoxy) is 3. The Hall–Kier alpha value is -0.780. The van der Waals surface area contributed by atoms with Gasteiger partial charge in [0.2, 0.25) is 0 Å². The van der Waals surface area contributed by atoms with Crippen molar-refractivity contribution in [1.29, 1.82) is 0 Å². The summed E-state index contributed by atoms with van der Waals surface area (Å²) in [6, 6.07) is 3.97. The predicted octanol–water partition coefficient (Wildman–Crippen LogP) is 3.01. The minimum atomic E-state index is 0.498. The average Bonchev–Trinajstić information content (AvgIpc) is 2.40. The number of methoxy groups -OCH3 is 1. The van der Waals surface area contributed by atoms with Crippen LogP contribution < -0.4 is 15.2 Å². The second-order valence-corrected chi connectivity index (χ2v) is 5.82. The quantitative estimate of drug-likeness (QED) is 0.699. The van der Waals surface area contributed by atoms with Crippen molar-refractivity contribution in [2.75, 3.05) is 33.5 Å². The summed E-state index contributed by atoms with van der Waals surface area (Å²) in [5.74, 6) is 1.96. The maximum Gasteiger partial charge on any atom is 0.175 e. The first-order valence-electron chi connectivity index (χ1n) is 6.85. The Morgan fingerprint density at radius 2 is 2.00 bits per heavy atom. The normalized spacial score (nSPS) is 10.9. The van der Waals surface area contributed by atoms with Gasteiger partial charge < -0.3 is 19.9 Å². The Morgan fingerprint density at radius 1 is 1.25 bits per heavy atom. The van der Waals surface area contributed by atoms with Gasteiger partial charge in [0.1, 0.15) is 6.61 Å². The van der Waals surface area contributed by atoms with E-state index in [1.807, 2.05) is 12.1 Å². The van der Waals surface area contributed by atoms with Crippen molar-refractivity contribution in [2.45, 2.75) is 20.3 Å². The van der Waals surface area contributed by atoms with Crippen molar-refractivity contribution in [3.8, 4) is 11.5 Å². The van der Waals surface area contributed by atoms with Gasteiger partial charge in [0.15, 0.2) is 11.5 Å². The standard InChI is InChI=1S/C15H24BrNO3/c1-11(2)10-19-6-7-20-15-13(16)8-12(4-5-17)9-14(15)18-3/h8-9,11H,4-7,10,17H2,1-3H3. The summed E-state index contributed by atoms with van der Waals surface area (Å²) in [4.78, 5) is 0. The molecule has 0 aromatic heterocycles. The summed E-state index contributed by atoms with van der Waals surface area (Å²) >= 11 is 3.51. The van der Waals surface area contributed by atoms with Gasteiger partial charge in [-0.3, -0.25) is 0 Å². The number of hydrogen-bond acceptors (Lipinski definition) is 4. The second-order valence-electron chi connectivity index (χ2n) is 4.96. The van der Waals surface area contributed by atoms with Gasteiger partial charge in [0, 0.05) is 6.61 Å². The van der Waals surface area contributed by atoms with E-state index in [-0.39, 0.29) is 0 Å². The van der Waals surface area contributed by atoms with Crippen molar-refractivity contribution in [2.24, 2.45) is 11.7 Å². The molecule has 0 atom stereocenters. The minimum Gasteiger partial charge on any atom is -0.493 e. The lowest BCUT2D eigenvalue weighted by atomic mass is 10.1. The Balaban J connectivity index is 2.60. The number of nitrogens with two attached hydrogens (primary N) is 1. The van der Waals surface area contributed by atoms with Gasteiger partial charge in [-0.2, -0.15) is 0 Å². The van der Waals surface area contributed by atoms with E-state index in [1.54, 1.807) is 7.11 Å². The van der Waals surface area contributed by atoms with Gasteiger partial charge in [-0.25, -0.2) is 0 Å². The Morgan fingerprint density at radius 3 is 2.60 bits per heavy atom. The molecule has 0 radical (unpaired) electrons. The fraction of sp³-hybridized carbons (Fsp3) is 0.600. The van der Waals surface area contributed by atoms with Crippen molar-refractivity contribution in [1.82, 2.24) is 0 Å². The molecule has 2 N–H and O–H groups in total. The van der Waals surface area contributed by atoms with E-state index in [2.05, 4.69) is 29.8 Å². The maximum atomic E-state index is 5.75. The van der Waals surface area contributed by atoms with Crippen LogP contribution in [-0.2, 0) is 11.2 Å². The average molecular weight is 346 g/mol. The molecule has 0 aliphatic heterocycles. The van der Waals surface area contributed by atoms with Crippen molar-refractivity contribution in [3.63, 3.8) is 0 Å². The highest BCUT2D eigenvalue weighted by molar-refractivity contribution is 9.10. The molecule has 0 spiro atoms. The second kappa shape index (κ2) is 9.21. The molecule has 0 aliphatic rings. The molecule has 114 valence electrons. The van der Waals surface area contributed by atoms with Crippen LogP contribution in [0.15, 0.2) is 16.6 Å². The first-order chi connectivity index (χ1) is 9.58. The van der Waals surface area contributed by atoms with E-state index in [4.69, 9.17) is 19.9 Å². The molecule has 0 amide bonds. The van der Waals surface area contributed by atoms with Crippen LogP contribution in [-0.4, -0.2) is 33.5 Å². The van der Waals surface area contributed by atoms with E-state index in [1.165, 1.54) is 0 Å². The van der Waals surface area contributed by atoms with E-state index < -0.39 is 0 Å². The van der Waals surface area contributed by atoms with Gasteiger partial charge in [-0.15, -0.1) is 0 Å². The Kier molecular flexibility index (Phi) is 7.95. The molecule has 20 heavy (non-hydrogen) atoms. The highest BCUT2D eigenvalue weighted by Gasteiger charge is 2.11. The summed E-state index contributed by atoms with van der Waals surface area (Å²) < 4.78 is 17.5. The zero-order valence-corrected chi connectivity index (χ0v) is 14.0. The van der Waals surface area contributed by atoms with E-state index in [0.717, 1.165) is 23.1 Å². The van der Waals surface area contributed by atoms with Gasteiger partial charge in [0.05, 0.1) is 18.2 Å². The molecule has 0 saturated carbocycles. The van der Waals surface area contributed by atoms with Crippen molar-refractivity contribution >= 4 is 15.9 Å². The molecular formula is C15H24BrNO3. The SMILES string of the molecule is COc1cc(CCN)cc(Br)c1OCCOCC(C)C. The fourth-order valence-corrected chi connectivity index (χ4v) is 2.35. The molecule has 0 bridgehead atoms. The predicted molar refractivity (Wildman–Crippen MR) is 84.6 cm³/mol. The summed E-state index contributed by atoms with van der Waals surface area (Å²) in [5, 5.41) is 0. The fourth-order valence-electron chi connectivity index (χ4n) is 1.75. The lowest BCUT2D eigenvalue weighted by Crippen LogP contribution is -2.11. The smallest absolute Gasteiger partial charge is 0.175 e. The number of benzene rings is 1. The number of halogens is 1. The molecule has 1 aromatic carbocycles. The first-order valence-corrected chi connectivity index (χ1v) is 7.64. The van der Waals surface area contributed by atoms with E-state index >= 15 is 0 Å². The largest absolute Gasteiger partial charge is 0.493 e. The number of hydrogen-bond donors (Lipinski definition) is 1. The Bertz CT molecular complexity index is 410. The van der Waals surface area contributed by atoms with Gasteiger partial charge in [-0.05, 0) is 52.5 Å². The van der Waals surface area contributed by atoms with Gasteiger partial charge in [0.25, 0.3) is 0 Å². The zero-order valence-electron chi connectivity index (χ0n) is 12.4. The van der Waals surface area contributed by atoms with Gasteiger partial charge >= 0.3 is 0 Å². The highest BCUT2D eigenvalue weighted by Crippen LogP contribution is 2.36. The van der Waals surface area contributed by atoms with Crippen LogP contribution >= 0.6 is 15.9 Å². The summed E-state index contributed by atoms with van der Waals surface area (Å²) in [6.07, 6.45) is 0.812. The van der Waals surface area contributed by atoms with Crippen molar-refractivity contribution in [3.05, 3.63) is 22.2 Å². The van der Waals surface area contributed by atoms with Gasteiger partial charge in [-0.1, -0.05) is 13.8 Å². The summed E-state index contributed by atoms with van der Waals surface area (Å²) in [5.41, 5.74) is 6.70. The highest BCUT2D eigenvalue weighted by atomic mass is 79.9. The molecule has 0 aliphatic carbocycles. The van der Waals surface area contributed by atoms with Crippen LogP contribution in [0.4, 0.5) is 0 Å². The first kappa shape index (κ1) is 17.3. The van der Waals surface area contributed by atoms with Crippen LogP contribution in [0.2, 0.25) is 0 Å². The zero-order chi connectivity index (χ0) is 15.0. The molecular weight excluding hydrogens is 322 g/mol. The lowest BCUT2D eigenvalue weighted by Gasteiger charge is -2.14. The maximum absolute atomic E-state index is 5.75. The molecule has 0 fully saturated rings. The van der Waals surface area contributed by atoms with Crippen LogP contribution in [0, 0.1) is 5.92 Å². The van der Waals surface area contributed by atoms with Crippen LogP contribution in [0.5, 0.6) is 11.5 Å². The molecule has 0 saturated heterocycles. The molecule has 0 heterocycles. The third-order valence-corrected chi connectivity index (χ3v) is 3.24. The molecule has 0 unspecified atom stereocenters. The van der Waals surface area contributed by atoms with Crippen molar-refractivity contribution < 1.29 is 14.2 Å². The van der Waals surface area contributed by atoms with E-state index in [9.17, 15) is 0 Å². The molecule has 5 heteroatoms. The van der Waals surface area contributed by atoms with Crippen LogP contribution in [0.1, 0.15) is 19.4 Å². The summed E-state index contributed by atoms with van der Waals surface area (Å²) in [6.45, 7) is 6.67. The lowest BCUT2D eigenvalue weighted by molar-refractivity contribution is 0.0808. The minimum absolute atomic E-state index is 0.498. The van der Waals surface area contributed by atoms with E-state index in [0.29, 0.717) is 37.2 Å². The molecule has 4 nitrogen and oxygen atoms in total. The Labute approximate surface area is 129 Å². The monoisotopic (exact) mass is 345 g/mol. The molecule has 1 aromatic rings. The van der Waals surface area contributed by atoms with Crippen LogP contribution in [0.25, 0.3) is 0 Å². The summed E-state index contributed by atoms with van der Waals surface area (Å²) in [7, 11) is 1.64. The topological polar surface area (TPSA) is 53.7 Å². The number of rotatable bonds is 9. The molecule has 1 rings (SSSR count). The third kappa shape index (κ3) is 5.69. The van der Waals surface area contributed by atoms with Crippen LogP contribution in [0.3, 0.4) is 0 Å². The third-order valence-electron chi connectivity index (χ3n) is 2.65.